The van der Waals surface area contributed by atoms with Gasteiger partial charge in [0.1, 0.15) is 5.75 Å². The SMILES string of the molecule is Cl.O=C(NC1CCNCC1)C1Cc2ccccc2O1. The van der Waals surface area contributed by atoms with Gasteiger partial charge in [-0.25, -0.2) is 0 Å². The summed E-state index contributed by atoms with van der Waals surface area (Å²) in [6.45, 7) is 1.97. The van der Waals surface area contributed by atoms with Crippen molar-refractivity contribution in [2.24, 2.45) is 0 Å². The number of nitrogens with one attached hydrogen (secondary N) is 2. The summed E-state index contributed by atoms with van der Waals surface area (Å²) in [6.07, 6.45) is 2.35. The summed E-state index contributed by atoms with van der Waals surface area (Å²) in [5, 5.41) is 6.38. The van der Waals surface area contributed by atoms with Gasteiger partial charge in [-0.1, -0.05) is 18.2 Å². The van der Waals surface area contributed by atoms with Gasteiger partial charge < -0.3 is 15.4 Å². The van der Waals surface area contributed by atoms with Crippen LogP contribution >= 0.6 is 12.4 Å². The lowest BCUT2D eigenvalue weighted by Gasteiger charge is -2.24. The van der Waals surface area contributed by atoms with Crippen LogP contribution in [-0.2, 0) is 11.2 Å². The maximum absolute atomic E-state index is 12.1. The van der Waals surface area contributed by atoms with Crippen molar-refractivity contribution < 1.29 is 9.53 Å². The Balaban J connectivity index is 0.00000133. The summed E-state index contributed by atoms with van der Waals surface area (Å²) < 4.78 is 5.68. The molecule has 2 heterocycles. The molecule has 0 saturated carbocycles. The molecule has 1 fully saturated rings. The van der Waals surface area contributed by atoms with E-state index in [1.54, 1.807) is 0 Å². The molecule has 1 aromatic rings. The third kappa shape index (κ3) is 3.19. The van der Waals surface area contributed by atoms with Crippen molar-refractivity contribution in [1.82, 2.24) is 10.6 Å². The van der Waals surface area contributed by atoms with E-state index in [2.05, 4.69) is 10.6 Å². The molecule has 2 aliphatic rings. The van der Waals surface area contributed by atoms with Crippen LogP contribution in [0.25, 0.3) is 0 Å². The van der Waals surface area contributed by atoms with Crippen LogP contribution in [0.1, 0.15) is 18.4 Å². The molecule has 4 nitrogen and oxygen atoms in total. The highest BCUT2D eigenvalue weighted by atomic mass is 35.5. The highest BCUT2D eigenvalue weighted by Gasteiger charge is 2.30. The first kappa shape index (κ1) is 14.2. The van der Waals surface area contributed by atoms with Crippen LogP contribution in [0.4, 0.5) is 0 Å². The van der Waals surface area contributed by atoms with E-state index in [9.17, 15) is 4.79 Å². The quantitative estimate of drug-likeness (QED) is 0.859. The van der Waals surface area contributed by atoms with Crippen LogP contribution in [0.2, 0.25) is 0 Å². The first-order chi connectivity index (χ1) is 8.83. The lowest BCUT2D eigenvalue weighted by atomic mass is 10.1. The summed E-state index contributed by atoms with van der Waals surface area (Å²) >= 11 is 0. The summed E-state index contributed by atoms with van der Waals surface area (Å²) in [6, 6.07) is 8.16. The molecule has 0 radical (unpaired) electrons. The molecule has 1 atom stereocenters. The number of halogens is 1. The fourth-order valence-electron chi connectivity index (χ4n) is 2.59. The zero-order chi connectivity index (χ0) is 12.4. The molecule has 0 aliphatic carbocycles. The van der Waals surface area contributed by atoms with Crippen LogP contribution in [0.15, 0.2) is 24.3 Å². The normalized spacial score (nSPS) is 22.0. The Kier molecular flexibility index (Phi) is 4.66. The molecule has 5 heteroatoms. The number of rotatable bonds is 2. The minimum Gasteiger partial charge on any atom is -0.480 e. The van der Waals surface area contributed by atoms with Crippen LogP contribution in [0, 0.1) is 0 Å². The highest BCUT2D eigenvalue weighted by Crippen LogP contribution is 2.28. The molecule has 1 unspecified atom stereocenters. The standard InChI is InChI=1S/C14H18N2O2.ClH/c17-14(16-11-5-7-15-8-6-11)13-9-10-3-1-2-4-12(10)18-13;/h1-4,11,13,15H,5-9H2,(H,16,17);1H. The van der Waals surface area contributed by atoms with E-state index in [0.29, 0.717) is 12.5 Å². The molecule has 1 saturated heterocycles. The average molecular weight is 283 g/mol. The summed E-state index contributed by atoms with van der Waals surface area (Å²) in [5.74, 6) is 0.876. The number of carbonyl (C=O) groups is 1. The Morgan fingerprint density at radius 2 is 2.00 bits per heavy atom. The van der Waals surface area contributed by atoms with E-state index in [1.807, 2.05) is 24.3 Å². The third-order valence-electron chi connectivity index (χ3n) is 3.63. The van der Waals surface area contributed by atoms with Gasteiger partial charge in [0.25, 0.3) is 5.91 Å². The number of ether oxygens (including phenoxy) is 1. The number of hydrogen-bond acceptors (Lipinski definition) is 3. The maximum atomic E-state index is 12.1. The van der Waals surface area contributed by atoms with Gasteiger partial charge in [0.15, 0.2) is 6.10 Å². The Morgan fingerprint density at radius 1 is 1.26 bits per heavy atom. The van der Waals surface area contributed by atoms with Crippen molar-refractivity contribution in [3.63, 3.8) is 0 Å². The maximum Gasteiger partial charge on any atom is 0.261 e. The largest absolute Gasteiger partial charge is 0.480 e. The molecule has 0 bridgehead atoms. The fourth-order valence-corrected chi connectivity index (χ4v) is 2.59. The number of para-hydroxylation sites is 1. The molecule has 3 rings (SSSR count). The van der Waals surface area contributed by atoms with Crippen molar-refractivity contribution in [2.45, 2.75) is 31.4 Å². The third-order valence-corrected chi connectivity index (χ3v) is 3.63. The minimum absolute atomic E-state index is 0. The molecule has 2 aliphatic heterocycles. The van der Waals surface area contributed by atoms with Gasteiger partial charge in [0.2, 0.25) is 0 Å². The van der Waals surface area contributed by atoms with E-state index < -0.39 is 0 Å². The summed E-state index contributed by atoms with van der Waals surface area (Å²) in [5.41, 5.74) is 1.13. The Hall–Kier alpha value is -1.26. The van der Waals surface area contributed by atoms with E-state index in [0.717, 1.165) is 37.2 Å². The lowest BCUT2D eigenvalue weighted by molar-refractivity contribution is -0.128. The topological polar surface area (TPSA) is 50.4 Å². The van der Waals surface area contributed by atoms with Crippen molar-refractivity contribution in [3.8, 4) is 5.75 Å². The number of hydrogen-bond donors (Lipinski definition) is 2. The molecule has 104 valence electrons. The number of piperidine rings is 1. The molecular formula is C14H19ClN2O2. The number of amides is 1. The van der Waals surface area contributed by atoms with Gasteiger partial charge in [-0.15, -0.1) is 12.4 Å². The van der Waals surface area contributed by atoms with Gasteiger partial charge in [0, 0.05) is 12.5 Å². The molecular weight excluding hydrogens is 264 g/mol. The van der Waals surface area contributed by atoms with Crippen LogP contribution in [-0.4, -0.2) is 31.1 Å². The predicted molar refractivity (Wildman–Crippen MR) is 75.8 cm³/mol. The van der Waals surface area contributed by atoms with Gasteiger partial charge in [0.05, 0.1) is 0 Å². The van der Waals surface area contributed by atoms with Gasteiger partial charge in [-0.05, 0) is 37.6 Å². The highest BCUT2D eigenvalue weighted by molar-refractivity contribution is 5.85. The molecule has 0 spiro atoms. The summed E-state index contributed by atoms with van der Waals surface area (Å²) in [7, 11) is 0. The van der Waals surface area contributed by atoms with Crippen molar-refractivity contribution in [3.05, 3.63) is 29.8 Å². The van der Waals surface area contributed by atoms with Gasteiger partial charge >= 0.3 is 0 Å². The van der Waals surface area contributed by atoms with E-state index in [4.69, 9.17) is 4.74 Å². The average Bonchev–Trinajstić information content (AvgIpc) is 2.84. The first-order valence-corrected chi connectivity index (χ1v) is 6.58. The monoisotopic (exact) mass is 282 g/mol. The van der Waals surface area contributed by atoms with Gasteiger partial charge in [-0.3, -0.25) is 4.79 Å². The molecule has 0 aromatic heterocycles. The number of benzene rings is 1. The molecule has 1 amide bonds. The second-order valence-electron chi connectivity index (χ2n) is 4.95. The summed E-state index contributed by atoms with van der Waals surface area (Å²) in [4.78, 5) is 12.1. The first-order valence-electron chi connectivity index (χ1n) is 6.58. The van der Waals surface area contributed by atoms with Crippen LogP contribution in [0.3, 0.4) is 0 Å². The Bertz CT molecular complexity index is 422. The molecule has 19 heavy (non-hydrogen) atoms. The zero-order valence-corrected chi connectivity index (χ0v) is 11.5. The Morgan fingerprint density at radius 3 is 2.74 bits per heavy atom. The van der Waals surface area contributed by atoms with Crippen LogP contribution in [0.5, 0.6) is 5.75 Å². The van der Waals surface area contributed by atoms with E-state index in [-0.39, 0.29) is 24.4 Å². The molecule has 2 N–H and O–H groups in total. The van der Waals surface area contributed by atoms with Gasteiger partial charge in [-0.2, -0.15) is 0 Å². The van der Waals surface area contributed by atoms with E-state index >= 15 is 0 Å². The molecule has 1 aromatic carbocycles. The van der Waals surface area contributed by atoms with Crippen molar-refractivity contribution in [2.75, 3.05) is 13.1 Å². The zero-order valence-electron chi connectivity index (χ0n) is 10.7. The fraction of sp³-hybridized carbons (Fsp3) is 0.500. The van der Waals surface area contributed by atoms with Crippen molar-refractivity contribution >= 4 is 18.3 Å². The lowest BCUT2D eigenvalue weighted by Crippen LogP contribution is -2.47. The van der Waals surface area contributed by atoms with Crippen molar-refractivity contribution in [1.29, 1.82) is 0 Å². The smallest absolute Gasteiger partial charge is 0.261 e. The minimum atomic E-state index is -0.350. The van der Waals surface area contributed by atoms with E-state index in [1.165, 1.54) is 0 Å². The van der Waals surface area contributed by atoms with Crippen LogP contribution < -0.4 is 15.4 Å². The second kappa shape index (κ2) is 6.26. The Labute approximate surface area is 119 Å². The predicted octanol–water partition coefficient (Wildman–Crippen LogP) is 1.28. The number of fused-ring (bicyclic) bond motifs is 1. The second-order valence-corrected chi connectivity index (χ2v) is 4.95. The number of carbonyl (C=O) groups excluding carboxylic acids is 1.